The average Bonchev–Trinajstić information content (AvgIpc) is 2.96. The van der Waals surface area contributed by atoms with Gasteiger partial charge in [-0.05, 0) is 32.9 Å². The molecule has 0 aliphatic rings. The molecule has 3 rings (SSSR count). The first-order valence-electron chi connectivity index (χ1n) is 7.85. The number of hydrogen-bond donors (Lipinski definition) is 1. The minimum Gasteiger partial charge on any atom is -0.360 e. The second-order valence-electron chi connectivity index (χ2n) is 6.03. The molecule has 0 bridgehead atoms. The normalized spacial score (nSPS) is 11.2. The monoisotopic (exact) mass is 342 g/mol. The number of rotatable bonds is 4. The number of para-hydroxylation sites is 1. The van der Waals surface area contributed by atoms with Gasteiger partial charge in [0.05, 0.1) is 10.9 Å². The predicted molar refractivity (Wildman–Crippen MR) is 92.7 cm³/mol. The molecule has 0 atom stereocenters. The zero-order valence-corrected chi connectivity index (χ0v) is 14.1. The molecule has 1 aromatic carbocycles. The average molecular weight is 342 g/mol. The number of fused-ring (bicyclic) bond motifs is 1. The lowest BCUT2D eigenvalue weighted by atomic mass is 10.2. The third-order valence-electron chi connectivity index (χ3n) is 3.79. The topological polar surface area (TPSA) is 99.1 Å². The first-order valence-corrected chi connectivity index (χ1v) is 7.85. The summed E-state index contributed by atoms with van der Waals surface area (Å²) >= 11 is 0. The van der Waals surface area contributed by atoms with Crippen LogP contribution in [0.4, 0.5) is 5.82 Å². The molecule has 0 unspecified atom stereocenters. The van der Waals surface area contributed by atoms with Gasteiger partial charge in [-0.1, -0.05) is 17.3 Å². The quantitative estimate of drug-likeness (QED) is 0.778. The number of carbonyl (C=O) groups excluding carboxylic acids is 1. The van der Waals surface area contributed by atoms with Crippen molar-refractivity contribution in [3.63, 3.8) is 0 Å². The number of anilines is 1. The number of benzene rings is 1. The molecule has 1 N–H and O–H groups in total. The van der Waals surface area contributed by atoms with Crippen LogP contribution in [0.2, 0.25) is 0 Å². The molecule has 2 heterocycles. The van der Waals surface area contributed by atoms with Gasteiger partial charge >= 0.3 is 5.69 Å². The van der Waals surface area contributed by atoms with E-state index in [9.17, 15) is 14.4 Å². The van der Waals surface area contributed by atoms with E-state index >= 15 is 0 Å². The highest BCUT2D eigenvalue weighted by atomic mass is 16.5. The number of aryl methyl sites for hydroxylation is 1. The molecule has 3 aromatic rings. The van der Waals surface area contributed by atoms with Crippen molar-refractivity contribution in [2.45, 2.75) is 33.4 Å². The molecular formula is C17H18N4O4. The third kappa shape index (κ3) is 3.10. The Morgan fingerprint density at radius 1 is 1.28 bits per heavy atom. The van der Waals surface area contributed by atoms with Gasteiger partial charge < -0.3 is 9.84 Å². The number of hydrogen-bond acceptors (Lipinski definition) is 5. The van der Waals surface area contributed by atoms with Gasteiger partial charge in [0.25, 0.3) is 5.56 Å². The maximum Gasteiger partial charge on any atom is 0.332 e. The van der Waals surface area contributed by atoms with E-state index in [0.717, 1.165) is 4.57 Å². The second-order valence-corrected chi connectivity index (χ2v) is 6.03. The van der Waals surface area contributed by atoms with Crippen LogP contribution in [0.1, 0.15) is 25.6 Å². The molecule has 0 aliphatic heterocycles. The fourth-order valence-electron chi connectivity index (χ4n) is 2.70. The molecule has 0 radical (unpaired) electrons. The highest BCUT2D eigenvalue weighted by Gasteiger charge is 2.17. The van der Waals surface area contributed by atoms with Gasteiger partial charge in [-0.25, -0.2) is 4.79 Å². The summed E-state index contributed by atoms with van der Waals surface area (Å²) in [6.45, 7) is 4.97. The Bertz CT molecular complexity index is 1060. The van der Waals surface area contributed by atoms with E-state index in [4.69, 9.17) is 4.52 Å². The van der Waals surface area contributed by atoms with Crippen molar-refractivity contribution in [2.75, 3.05) is 5.32 Å². The Morgan fingerprint density at radius 2 is 2.00 bits per heavy atom. The molecule has 130 valence electrons. The molecule has 0 spiro atoms. The lowest BCUT2D eigenvalue weighted by Crippen LogP contribution is -2.42. The Kier molecular flexibility index (Phi) is 4.26. The molecular weight excluding hydrogens is 324 g/mol. The minimum absolute atomic E-state index is 0.238. The highest BCUT2D eigenvalue weighted by Crippen LogP contribution is 2.11. The maximum absolute atomic E-state index is 12.7. The first kappa shape index (κ1) is 16.7. The van der Waals surface area contributed by atoms with Crippen LogP contribution >= 0.6 is 0 Å². The Labute approximate surface area is 142 Å². The summed E-state index contributed by atoms with van der Waals surface area (Å²) in [5, 5.41) is 6.66. The van der Waals surface area contributed by atoms with Crippen LogP contribution in [0.3, 0.4) is 0 Å². The van der Waals surface area contributed by atoms with Gasteiger partial charge in [0.1, 0.15) is 12.3 Å². The highest BCUT2D eigenvalue weighted by molar-refractivity contribution is 5.90. The fourth-order valence-corrected chi connectivity index (χ4v) is 2.70. The second kappa shape index (κ2) is 6.39. The van der Waals surface area contributed by atoms with Crippen LogP contribution in [-0.4, -0.2) is 20.2 Å². The zero-order valence-electron chi connectivity index (χ0n) is 14.1. The van der Waals surface area contributed by atoms with Crippen LogP contribution < -0.4 is 16.6 Å². The summed E-state index contributed by atoms with van der Waals surface area (Å²) in [6.07, 6.45) is 0. The standard InChI is InChI=1S/C17H18N4O4/c1-10(2)21-16(23)12-6-4-5-7-13(12)20(17(21)24)9-15(22)18-14-8-11(3)25-19-14/h4-8,10H,9H2,1-3H3,(H,18,19,22). The molecule has 2 aromatic heterocycles. The summed E-state index contributed by atoms with van der Waals surface area (Å²) < 4.78 is 7.34. The largest absolute Gasteiger partial charge is 0.360 e. The summed E-state index contributed by atoms with van der Waals surface area (Å²) in [4.78, 5) is 37.6. The van der Waals surface area contributed by atoms with Gasteiger partial charge in [0.2, 0.25) is 5.91 Å². The van der Waals surface area contributed by atoms with Gasteiger partial charge in [-0.3, -0.25) is 18.7 Å². The van der Waals surface area contributed by atoms with E-state index in [-0.39, 0.29) is 24.0 Å². The van der Waals surface area contributed by atoms with Crippen molar-refractivity contribution in [1.29, 1.82) is 0 Å². The van der Waals surface area contributed by atoms with Crippen LogP contribution in [0.15, 0.2) is 44.4 Å². The molecule has 0 fully saturated rings. The molecule has 0 saturated carbocycles. The minimum atomic E-state index is -0.523. The van der Waals surface area contributed by atoms with E-state index in [1.54, 1.807) is 51.1 Å². The fraction of sp³-hybridized carbons (Fsp3) is 0.294. The van der Waals surface area contributed by atoms with Crippen molar-refractivity contribution in [2.24, 2.45) is 0 Å². The smallest absolute Gasteiger partial charge is 0.332 e. The van der Waals surface area contributed by atoms with Gasteiger partial charge in [-0.15, -0.1) is 0 Å². The van der Waals surface area contributed by atoms with Gasteiger partial charge in [-0.2, -0.15) is 0 Å². The summed E-state index contributed by atoms with van der Waals surface area (Å²) in [5.74, 6) is 0.401. The SMILES string of the molecule is Cc1cc(NC(=O)Cn2c(=O)n(C(C)C)c(=O)c3ccccc32)no1. The zero-order chi connectivity index (χ0) is 18.1. The molecule has 25 heavy (non-hydrogen) atoms. The predicted octanol–water partition coefficient (Wildman–Crippen LogP) is 1.68. The lowest BCUT2D eigenvalue weighted by molar-refractivity contribution is -0.116. The summed E-state index contributed by atoms with van der Waals surface area (Å²) in [7, 11) is 0. The maximum atomic E-state index is 12.7. The van der Waals surface area contributed by atoms with E-state index in [1.807, 2.05) is 0 Å². The number of aromatic nitrogens is 3. The van der Waals surface area contributed by atoms with Gasteiger partial charge in [0.15, 0.2) is 5.82 Å². The van der Waals surface area contributed by atoms with E-state index in [1.165, 1.54) is 4.57 Å². The molecule has 0 saturated heterocycles. The van der Waals surface area contributed by atoms with E-state index < -0.39 is 11.6 Å². The van der Waals surface area contributed by atoms with Gasteiger partial charge in [0, 0.05) is 12.1 Å². The summed E-state index contributed by atoms with van der Waals surface area (Å²) in [5.41, 5.74) is -0.467. The summed E-state index contributed by atoms with van der Waals surface area (Å²) in [6, 6.07) is 7.99. The van der Waals surface area contributed by atoms with Crippen molar-refractivity contribution in [1.82, 2.24) is 14.3 Å². The Balaban J connectivity index is 2.07. The number of amides is 1. The van der Waals surface area contributed by atoms with Crippen LogP contribution in [0, 0.1) is 6.92 Å². The Morgan fingerprint density at radius 3 is 2.64 bits per heavy atom. The van der Waals surface area contributed by atoms with Crippen molar-refractivity contribution >= 4 is 22.6 Å². The molecule has 1 amide bonds. The first-order chi connectivity index (χ1) is 11.9. The number of nitrogens with zero attached hydrogens (tertiary/aromatic N) is 3. The molecule has 0 aliphatic carbocycles. The molecule has 8 heteroatoms. The van der Waals surface area contributed by atoms with E-state index in [2.05, 4.69) is 10.5 Å². The van der Waals surface area contributed by atoms with Crippen molar-refractivity contribution in [3.05, 3.63) is 56.9 Å². The number of carbonyl (C=O) groups is 1. The Hall–Kier alpha value is -3.16. The lowest BCUT2D eigenvalue weighted by Gasteiger charge is -2.15. The molecule has 8 nitrogen and oxygen atoms in total. The van der Waals surface area contributed by atoms with E-state index in [0.29, 0.717) is 16.7 Å². The van der Waals surface area contributed by atoms with Crippen molar-refractivity contribution < 1.29 is 9.32 Å². The van der Waals surface area contributed by atoms with Crippen molar-refractivity contribution in [3.8, 4) is 0 Å². The third-order valence-corrected chi connectivity index (χ3v) is 3.79. The van der Waals surface area contributed by atoms with Crippen LogP contribution in [0.25, 0.3) is 10.9 Å². The van der Waals surface area contributed by atoms with Crippen LogP contribution in [0.5, 0.6) is 0 Å². The van der Waals surface area contributed by atoms with Crippen LogP contribution in [-0.2, 0) is 11.3 Å². The number of nitrogens with one attached hydrogen (secondary N) is 1.